The Hall–Kier alpha value is -3.77. The number of nitrogens with zero attached hydrogens (tertiary/aromatic N) is 3. The summed E-state index contributed by atoms with van der Waals surface area (Å²) in [4.78, 5) is 8.91. The van der Waals surface area contributed by atoms with Gasteiger partial charge in [-0.15, -0.1) is 0 Å². The van der Waals surface area contributed by atoms with Gasteiger partial charge in [-0.2, -0.15) is 4.98 Å². The molecule has 0 amide bonds. The fraction of sp³-hybridized carbons (Fsp3) is 0.323. The van der Waals surface area contributed by atoms with Gasteiger partial charge in [-0.1, -0.05) is 78.3 Å². The van der Waals surface area contributed by atoms with Gasteiger partial charge in [0.15, 0.2) is 11.6 Å². The lowest BCUT2D eigenvalue weighted by Gasteiger charge is -2.32. The molecule has 1 fully saturated rings. The summed E-state index contributed by atoms with van der Waals surface area (Å²) in [6.07, 6.45) is 4.82. The molecule has 2 heterocycles. The van der Waals surface area contributed by atoms with Crippen molar-refractivity contribution in [3.8, 4) is 23.0 Å². The number of hydrogen-bond acceptors (Lipinski definition) is 6. The molecule has 6 nitrogen and oxygen atoms in total. The van der Waals surface area contributed by atoms with Gasteiger partial charge >= 0.3 is 0 Å². The Labute approximate surface area is 217 Å². The average Bonchev–Trinajstić information content (AvgIpc) is 3.54. The van der Waals surface area contributed by atoms with Crippen molar-refractivity contribution in [2.24, 2.45) is 0 Å². The summed E-state index contributed by atoms with van der Waals surface area (Å²) in [6.45, 7) is 5.95. The Morgan fingerprint density at radius 2 is 1.73 bits per heavy atom. The minimum Gasteiger partial charge on any atom is -0.445 e. The van der Waals surface area contributed by atoms with Crippen LogP contribution < -0.4 is 5.32 Å². The summed E-state index contributed by atoms with van der Waals surface area (Å²) in [5, 5.41) is 10.8. The molecule has 37 heavy (non-hydrogen) atoms. The van der Waals surface area contributed by atoms with Crippen molar-refractivity contribution in [1.29, 1.82) is 0 Å². The van der Waals surface area contributed by atoms with Gasteiger partial charge in [-0.3, -0.25) is 0 Å². The first-order chi connectivity index (χ1) is 18.0. The third-order valence-corrected chi connectivity index (χ3v) is 7.62. The van der Waals surface area contributed by atoms with Gasteiger partial charge in [0.1, 0.15) is 5.76 Å². The fourth-order valence-electron chi connectivity index (χ4n) is 5.78. The Balaban J connectivity index is 1.14. The second kappa shape index (κ2) is 9.94. The van der Waals surface area contributed by atoms with Gasteiger partial charge in [0.25, 0.3) is 5.89 Å². The number of nitrogens with one attached hydrogen (secondary N) is 1. The van der Waals surface area contributed by atoms with Crippen LogP contribution in [0.2, 0.25) is 0 Å². The molecule has 1 aliphatic rings. The van der Waals surface area contributed by atoms with Gasteiger partial charge in [-0.25, -0.2) is 4.98 Å². The largest absolute Gasteiger partial charge is 0.445 e. The normalized spacial score (nSPS) is 18.8. The van der Waals surface area contributed by atoms with Crippen LogP contribution in [-0.4, -0.2) is 21.2 Å². The molecule has 5 aromatic rings. The summed E-state index contributed by atoms with van der Waals surface area (Å²) in [7, 11) is 0. The summed E-state index contributed by atoms with van der Waals surface area (Å²) >= 11 is 0. The van der Waals surface area contributed by atoms with E-state index in [2.05, 4.69) is 94.1 Å². The predicted molar refractivity (Wildman–Crippen MR) is 145 cm³/mol. The maximum Gasteiger partial charge on any atom is 0.280 e. The van der Waals surface area contributed by atoms with Gasteiger partial charge in [0.2, 0.25) is 5.82 Å². The number of hydrogen-bond donors (Lipinski definition) is 1. The van der Waals surface area contributed by atoms with Crippen LogP contribution in [0, 0.1) is 13.8 Å². The maximum atomic E-state index is 5.50. The van der Waals surface area contributed by atoms with Gasteiger partial charge in [0.05, 0.1) is 0 Å². The SMILES string of the molecule is Cc1nc(-c2nc(-c3ccc([C@H]4CCCC(N[C@H](C)c5cccc6ccccc56)C4)cc3)no2)c(C)o1. The van der Waals surface area contributed by atoms with E-state index in [-0.39, 0.29) is 0 Å². The smallest absolute Gasteiger partial charge is 0.280 e. The number of fused-ring (bicyclic) bond motifs is 1. The van der Waals surface area contributed by atoms with Crippen LogP contribution in [0.1, 0.15) is 67.3 Å². The standard InChI is InChI=1S/C31H32N4O2/c1-19(27-13-7-9-23-8-4-5-12-28(23)27)32-26-11-6-10-25(18-26)22-14-16-24(17-15-22)30-34-31(37-35-30)29-20(2)36-21(3)33-29/h4-5,7-9,12-17,19,25-26,32H,6,10-11,18H2,1-3H3/t19-,25+,26?/m1/s1. The number of rotatable bonds is 6. The van der Waals surface area contributed by atoms with Crippen molar-refractivity contribution in [1.82, 2.24) is 20.4 Å². The van der Waals surface area contributed by atoms with E-state index in [1.165, 1.54) is 41.2 Å². The molecule has 3 atom stereocenters. The van der Waals surface area contributed by atoms with E-state index in [1.54, 1.807) is 0 Å². The minimum atomic E-state index is 0.307. The van der Waals surface area contributed by atoms with Crippen molar-refractivity contribution >= 4 is 10.8 Å². The quantitative estimate of drug-likeness (QED) is 0.264. The van der Waals surface area contributed by atoms with Crippen molar-refractivity contribution in [2.75, 3.05) is 0 Å². The fourth-order valence-corrected chi connectivity index (χ4v) is 5.78. The molecule has 188 valence electrons. The lowest BCUT2D eigenvalue weighted by atomic mass is 9.80. The minimum absolute atomic E-state index is 0.307. The Morgan fingerprint density at radius 1 is 0.919 bits per heavy atom. The molecule has 6 rings (SSSR count). The van der Waals surface area contributed by atoms with Crippen LogP contribution in [0.3, 0.4) is 0 Å². The molecule has 1 aliphatic carbocycles. The molecule has 0 saturated heterocycles. The average molecular weight is 493 g/mol. The first-order valence-electron chi connectivity index (χ1n) is 13.2. The van der Waals surface area contributed by atoms with Crippen LogP contribution in [0.4, 0.5) is 0 Å². The summed E-state index contributed by atoms with van der Waals surface area (Å²) in [5.41, 5.74) is 4.29. The number of oxazole rings is 1. The van der Waals surface area contributed by atoms with Gasteiger partial charge in [0, 0.05) is 24.6 Å². The van der Waals surface area contributed by atoms with Crippen molar-refractivity contribution in [3.05, 3.63) is 89.5 Å². The summed E-state index contributed by atoms with van der Waals surface area (Å²) < 4.78 is 11.0. The monoisotopic (exact) mass is 492 g/mol. The van der Waals surface area contributed by atoms with E-state index in [0.717, 1.165) is 12.0 Å². The maximum absolute atomic E-state index is 5.50. The van der Waals surface area contributed by atoms with Gasteiger partial charge in [-0.05, 0) is 60.9 Å². The highest BCUT2D eigenvalue weighted by Gasteiger charge is 2.25. The van der Waals surface area contributed by atoms with E-state index < -0.39 is 0 Å². The zero-order chi connectivity index (χ0) is 25.4. The van der Waals surface area contributed by atoms with Crippen LogP contribution in [-0.2, 0) is 0 Å². The van der Waals surface area contributed by atoms with Crippen LogP contribution in [0.5, 0.6) is 0 Å². The van der Waals surface area contributed by atoms with Crippen LogP contribution in [0.25, 0.3) is 33.7 Å². The molecule has 2 aromatic heterocycles. The topological polar surface area (TPSA) is 77.0 Å². The molecule has 0 bridgehead atoms. The van der Waals surface area contributed by atoms with Crippen LogP contribution in [0.15, 0.2) is 75.7 Å². The highest BCUT2D eigenvalue weighted by atomic mass is 16.5. The van der Waals surface area contributed by atoms with Crippen LogP contribution >= 0.6 is 0 Å². The third kappa shape index (κ3) is 4.81. The summed E-state index contributed by atoms with van der Waals surface area (Å²) in [5.74, 6) is 2.76. The van der Waals surface area contributed by atoms with E-state index >= 15 is 0 Å². The number of aromatic nitrogens is 3. The molecule has 0 radical (unpaired) electrons. The molecule has 3 aromatic carbocycles. The molecule has 0 aliphatic heterocycles. The summed E-state index contributed by atoms with van der Waals surface area (Å²) in [6, 6.07) is 24.7. The van der Waals surface area contributed by atoms with Gasteiger partial charge < -0.3 is 14.3 Å². The molecule has 1 N–H and O–H groups in total. The Kier molecular flexibility index (Phi) is 6.35. The van der Waals surface area contributed by atoms with Crippen molar-refractivity contribution in [2.45, 2.75) is 64.5 Å². The van der Waals surface area contributed by atoms with E-state index in [0.29, 0.717) is 47.1 Å². The molecule has 1 saturated carbocycles. The first-order valence-corrected chi connectivity index (χ1v) is 13.2. The second-order valence-electron chi connectivity index (χ2n) is 10.2. The van der Waals surface area contributed by atoms with E-state index in [4.69, 9.17) is 8.94 Å². The molecule has 0 spiro atoms. The highest BCUT2D eigenvalue weighted by molar-refractivity contribution is 5.86. The lowest BCUT2D eigenvalue weighted by Crippen LogP contribution is -2.35. The molecular weight excluding hydrogens is 460 g/mol. The third-order valence-electron chi connectivity index (χ3n) is 7.62. The van der Waals surface area contributed by atoms with E-state index in [9.17, 15) is 0 Å². The lowest BCUT2D eigenvalue weighted by molar-refractivity contribution is 0.319. The molecule has 6 heteroatoms. The highest BCUT2D eigenvalue weighted by Crippen LogP contribution is 2.35. The molecular formula is C31H32N4O2. The second-order valence-corrected chi connectivity index (χ2v) is 10.2. The van der Waals surface area contributed by atoms with Crippen molar-refractivity contribution < 1.29 is 8.94 Å². The predicted octanol–water partition coefficient (Wildman–Crippen LogP) is 7.54. The Morgan fingerprint density at radius 3 is 2.54 bits per heavy atom. The number of benzene rings is 3. The zero-order valence-corrected chi connectivity index (χ0v) is 21.6. The molecule has 1 unspecified atom stereocenters. The zero-order valence-electron chi connectivity index (χ0n) is 21.6. The first kappa shape index (κ1) is 23.6. The van der Waals surface area contributed by atoms with E-state index in [1.807, 2.05) is 13.8 Å². The Bertz CT molecular complexity index is 1510. The van der Waals surface area contributed by atoms with Crippen molar-refractivity contribution in [3.63, 3.8) is 0 Å². The number of aryl methyl sites for hydroxylation is 2.